The molecule has 2 aromatic rings. The highest BCUT2D eigenvalue weighted by Crippen LogP contribution is 2.18. The Labute approximate surface area is 154 Å². The number of halogens is 1. The summed E-state index contributed by atoms with van der Waals surface area (Å²) in [5, 5.41) is 5.04. The zero-order valence-electron chi connectivity index (χ0n) is 13.4. The van der Waals surface area contributed by atoms with Gasteiger partial charge in [0, 0.05) is 34.7 Å². The lowest BCUT2D eigenvalue weighted by Crippen LogP contribution is -2.37. The van der Waals surface area contributed by atoms with E-state index in [0.717, 1.165) is 42.7 Å². The van der Waals surface area contributed by atoms with Crippen LogP contribution in [0.2, 0.25) is 0 Å². The summed E-state index contributed by atoms with van der Waals surface area (Å²) >= 11 is 5.12. The number of benzene rings is 1. The van der Waals surface area contributed by atoms with Crippen LogP contribution in [-0.2, 0) is 16.1 Å². The van der Waals surface area contributed by atoms with Crippen LogP contribution in [-0.4, -0.2) is 36.6 Å². The number of hydrogen-bond donors (Lipinski definition) is 1. The molecule has 128 valence electrons. The third kappa shape index (κ3) is 5.41. The molecule has 4 nitrogen and oxygen atoms in total. The summed E-state index contributed by atoms with van der Waals surface area (Å²) in [4.78, 5) is 15.9. The predicted octanol–water partition coefficient (Wildman–Crippen LogP) is 4.13. The zero-order chi connectivity index (χ0) is 16.8. The molecule has 0 aliphatic carbocycles. The minimum Gasteiger partial charge on any atom is -0.377 e. The summed E-state index contributed by atoms with van der Waals surface area (Å²) in [5.41, 5.74) is 0.816. The van der Waals surface area contributed by atoms with Crippen molar-refractivity contribution >= 4 is 38.9 Å². The standard InChI is InChI=1S/C18H21BrN2O2S/c19-14-5-7-15(8-6-14)20-18(22)13-21(11-16-3-1-9-23-16)12-17-4-2-10-24-17/h2,4-8,10,16H,1,3,9,11-13H2,(H,20,22)/t16-/m1/s1. The van der Waals surface area contributed by atoms with E-state index in [-0.39, 0.29) is 12.0 Å². The third-order valence-electron chi connectivity index (χ3n) is 3.94. The molecule has 1 aliphatic rings. The van der Waals surface area contributed by atoms with Gasteiger partial charge in [0.25, 0.3) is 0 Å². The molecule has 3 rings (SSSR count). The van der Waals surface area contributed by atoms with Crippen LogP contribution in [0, 0.1) is 0 Å². The van der Waals surface area contributed by atoms with Gasteiger partial charge in [-0.1, -0.05) is 22.0 Å². The first-order valence-corrected chi connectivity index (χ1v) is 9.78. The number of anilines is 1. The molecule has 1 saturated heterocycles. The van der Waals surface area contributed by atoms with Crippen molar-refractivity contribution < 1.29 is 9.53 Å². The van der Waals surface area contributed by atoms with E-state index in [1.54, 1.807) is 11.3 Å². The van der Waals surface area contributed by atoms with Gasteiger partial charge in [-0.15, -0.1) is 11.3 Å². The van der Waals surface area contributed by atoms with Crippen LogP contribution in [0.5, 0.6) is 0 Å². The fourth-order valence-electron chi connectivity index (χ4n) is 2.82. The Bertz CT molecular complexity index is 640. The van der Waals surface area contributed by atoms with E-state index < -0.39 is 0 Å². The van der Waals surface area contributed by atoms with Crippen LogP contribution >= 0.6 is 27.3 Å². The first-order valence-electron chi connectivity index (χ1n) is 8.11. The summed E-state index contributed by atoms with van der Waals surface area (Å²) in [6.07, 6.45) is 2.43. The van der Waals surface area contributed by atoms with Crippen LogP contribution in [0.15, 0.2) is 46.3 Å². The molecule has 0 saturated carbocycles. The SMILES string of the molecule is O=C(CN(Cc1cccs1)C[C@H]1CCCO1)Nc1ccc(Br)cc1. The summed E-state index contributed by atoms with van der Waals surface area (Å²) in [6, 6.07) is 11.8. The first kappa shape index (κ1) is 17.6. The largest absolute Gasteiger partial charge is 0.377 e. The maximum absolute atomic E-state index is 12.4. The van der Waals surface area contributed by atoms with Crippen LogP contribution in [0.1, 0.15) is 17.7 Å². The normalized spacial score (nSPS) is 17.3. The summed E-state index contributed by atoms with van der Waals surface area (Å²) in [5.74, 6) is 0.00637. The van der Waals surface area contributed by atoms with E-state index in [0.29, 0.717) is 6.54 Å². The maximum atomic E-state index is 12.4. The molecule has 0 unspecified atom stereocenters. The van der Waals surface area contributed by atoms with Gasteiger partial charge in [0.1, 0.15) is 0 Å². The Morgan fingerprint density at radius 1 is 1.33 bits per heavy atom. The highest BCUT2D eigenvalue weighted by Gasteiger charge is 2.21. The Morgan fingerprint density at radius 2 is 2.17 bits per heavy atom. The molecule has 6 heteroatoms. The Balaban J connectivity index is 1.58. The second-order valence-corrected chi connectivity index (χ2v) is 7.89. The van der Waals surface area contributed by atoms with Gasteiger partial charge >= 0.3 is 0 Å². The molecular formula is C18H21BrN2O2S. The van der Waals surface area contributed by atoms with E-state index in [9.17, 15) is 4.79 Å². The van der Waals surface area contributed by atoms with Crippen molar-refractivity contribution in [2.75, 3.05) is 25.0 Å². The molecule has 1 aromatic carbocycles. The maximum Gasteiger partial charge on any atom is 0.238 e. The van der Waals surface area contributed by atoms with Gasteiger partial charge < -0.3 is 10.1 Å². The van der Waals surface area contributed by atoms with Crippen molar-refractivity contribution in [1.82, 2.24) is 4.90 Å². The number of carbonyl (C=O) groups is 1. The van der Waals surface area contributed by atoms with Crippen molar-refractivity contribution in [3.05, 3.63) is 51.1 Å². The molecule has 0 bridgehead atoms. The van der Waals surface area contributed by atoms with Crippen molar-refractivity contribution in [2.24, 2.45) is 0 Å². The van der Waals surface area contributed by atoms with Gasteiger partial charge in [-0.05, 0) is 48.6 Å². The van der Waals surface area contributed by atoms with Gasteiger partial charge in [-0.25, -0.2) is 0 Å². The fraction of sp³-hybridized carbons (Fsp3) is 0.389. The van der Waals surface area contributed by atoms with Crippen LogP contribution in [0.3, 0.4) is 0 Å². The second-order valence-electron chi connectivity index (χ2n) is 5.94. The van der Waals surface area contributed by atoms with E-state index in [4.69, 9.17) is 4.74 Å². The summed E-state index contributed by atoms with van der Waals surface area (Å²) in [6.45, 7) is 2.79. The number of hydrogen-bond acceptors (Lipinski definition) is 4. The van der Waals surface area contributed by atoms with Crippen LogP contribution in [0.25, 0.3) is 0 Å². The average molecular weight is 409 g/mol. The lowest BCUT2D eigenvalue weighted by atomic mass is 10.2. The van der Waals surface area contributed by atoms with Gasteiger partial charge in [0.2, 0.25) is 5.91 Å². The van der Waals surface area contributed by atoms with Crippen molar-refractivity contribution in [1.29, 1.82) is 0 Å². The second kappa shape index (κ2) is 8.76. The van der Waals surface area contributed by atoms with E-state index in [1.165, 1.54) is 4.88 Å². The molecule has 1 fully saturated rings. The monoisotopic (exact) mass is 408 g/mol. The highest BCUT2D eigenvalue weighted by molar-refractivity contribution is 9.10. The number of ether oxygens (including phenoxy) is 1. The molecule has 1 N–H and O–H groups in total. The Morgan fingerprint density at radius 3 is 2.83 bits per heavy atom. The molecule has 1 amide bonds. The fourth-order valence-corrected chi connectivity index (χ4v) is 3.83. The number of thiophene rings is 1. The first-order chi connectivity index (χ1) is 11.7. The van der Waals surface area contributed by atoms with Gasteiger partial charge in [0.15, 0.2) is 0 Å². The summed E-state index contributed by atoms with van der Waals surface area (Å²) in [7, 11) is 0. The minimum absolute atomic E-state index is 0.00637. The number of carbonyl (C=O) groups excluding carboxylic acids is 1. The molecule has 2 heterocycles. The van der Waals surface area contributed by atoms with Gasteiger partial charge in [-0.3, -0.25) is 9.69 Å². The number of rotatable bonds is 7. The molecule has 24 heavy (non-hydrogen) atoms. The van der Waals surface area contributed by atoms with Crippen molar-refractivity contribution in [3.8, 4) is 0 Å². The van der Waals surface area contributed by atoms with Crippen LogP contribution < -0.4 is 5.32 Å². The quantitative estimate of drug-likeness (QED) is 0.748. The molecule has 0 spiro atoms. The molecule has 1 atom stereocenters. The van der Waals surface area contributed by atoms with E-state index in [2.05, 4.69) is 37.6 Å². The third-order valence-corrected chi connectivity index (χ3v) is 5.33. The van der Waals surface area contributed by atoms with Gasteiger partial charge in [0.05, 0.1) is 12.6 Å². The molecule has 1 aromatic heterocycles. The van der Waals surface area contributed by atoms with Crippen LogP contribution in [0.4, 0.5) is 5.69 Å². The number of nitrogens with one attached hydrogen (secondary N) is 1. The summed E-state index contributed by atoms with van der Waals surface area (Å²) < 4.78 is 6.74. The molecular weight excluding hydrogens is 388 g/mol. The zero-order valence-corrected chi connectivity index (χ0v) is 15.8. The Kier molecular flexibility index (Phi) is 6.43. The van der Waals surface area contributed by atoms with Crippen molar-refractivity contribution in [2.45, 2.75) is 25.5 Å². The van der Waals surface area contributed by atoms with Crippen molar-refractivity contribution in [3.63, 3.8) is 0 Å². The number of amides is 1. The lowest BCUT2D eigenvalue weighted by Gasteiger charge is -2.24. The minimum atomic E-state index is 0.00637. The highest BCUT2D eigenvalue weighted by atomic mass is 79.9. The predicted molar refractivity (Wildman–Crippen MR) is 101 cm³/mol. The lowest BCUT2D eigenvalue weighted by molar-refractivity contribution is -0.117. The topological polar surface area (TPSA) is 41.6 Å². The van der Waals surface area contributed by atoms with E-state index >= 15 is 0 Å². The number of nitrogens with zero attached hydrogens (tertiary/aromatic N) is 1. The average Bonchev–Trinajstić information content (AvgIpc) is 3.23. The molecule has 0 radical (unpaired) electrons. The van der Waals surface area contributed by atoms with E-state index in [1.807, 2.05) is 30.3 Å². The Hall–Kier alpha value is -1.21. The smallest absolute Gasteiger partial charge is 0.238 e. The molecule has 1 aliphatic heterocycles. The van der Waals surface area contributed by atoms with Gasteiger partial charge in [-0.2, -0.15) is 0 Å².